The maximum absolute atomic E-state index is 12.6. The number of amides is 1. The molecule has 5 nitrogen and oxygen atoms in total. The van der Waals surface area contributed by atoms with E-state index in [4.69, 9.17) is 4.42 Å². The summed E-state index contributed by atoms with van der Waals surface area (Å²) < 4.78 is 5.22. The highest BCUT2D eigenvalue weighted by Gasteiger charge is 2.28. The summed E-state index contributed by atoms with van der Waals surface area (Å²) in [6.45, 7) is 4.68. The first-order chi connectivity index (χ1) is 14.1. The number of para-hydroxylation sites is 1. The van der Waals surface area contributed by atoms with E-state index in [9.17, 15) is 9.59 Å². The van der Waals surface area contributed by atoms with Crippen LogP contribution in [0, 0.1) is 0 Å². The second-order valence-electron chi connectivity index (χ2n) is 7.59. The molecule has 1 saturated heterocycles. The smallest absolute Gasteiger partial charge is 0.336 e. The van der Waals surface area contributed by atoms with Gasteiger partial charge in [-0.1, -0.05) is 31.2 Å². The molecular weight excluding hydrogens is 400 g/mol. The number of nitrogens with zero attached hydrogens (tertiary/aromatic N) is 2. The first-order valence-corrected chi connectivity index (χ1v) is 10.3. The van der Waals surface area contributed by atoms with Gasteiger partial charge in [-0.2, -0.15) is 0 Å². The van der Waals surface area contributed by atoms with E-state index >= 15 is 0 Å². The number of hydrogen-bond acceptors (Lipinski definition) is 4. The Kier molecular flexibility index (Phi) is 7.29. The molecule has 0 spiro atoms. The molecule has 1 aliphatic rings. The second-order valence-corrected chi connectivity index (χ2v) is 7.59. The first-order valence-electron chi connectivity index (χ1n) is 10.3. The number of halogens is 1. The van der Waals surface area contributed by atoms with Gasteiger partial charge < -0.3 is 9.32 Å². The molecule has 3 aromatic rings. The summed E-state index contributed by atoms with van der Waals surface area (Å²) in [6.07, 6.45) is 2.44. The van der Waals surface area contributed by atoms with Crippen molar-refractivity contribution in [1.82, 2.24) is 4.90 Å². The number of anilines is 1. The lowest BCUT2D eigenvalue weighted by Gasteiger charge is -2.38. The number of rotatable bonds is 5. The molecule has 0 unspecified atom stereocenters. The fraction of sp³-hybridized carbons (Fsp3) is 0.333. The summed E-state index contributed by atoms with van der Waals surface area (Å²) in [6, 6.07) is 19.5. The molecular formula is C24H27ClN2O3. The van der Waals surface area contributed by atoms with Gasteiger partial charge in [0.1, 0.15) is 5.58 Å². The van der Waals surface area contributed by atoms with Gasteiger partial charge in [0.05, 0.1) is 0 Å². The molecule has 0 radical (unpaired) electrons. The maximum Gasteiger partial charge on any atom is 0.336 e. The Bertz CT molecular complexity index is 1040. The molecule has 158 valence electrons. The lowest BCUT2D eigenvalue weighted by Crippen LogP contribution is -2.47. The summed E-state index contributed by atoms with van der Waals surface area (Å²) in [7, 11) is 0. The standard InChI is InChI=1S/C24H26N2O3.ClH/c1-2-23(27)26(20-6-4-3-5-7-20)21-12-14-25(15-13-21)17-18-8-10-22-19(16-18)9-11-24(28)29-22;/h3-11,16,21H,2,12-15,17H2,1H3;1H. The van der Waals surface area contributed by atoms with Crippen molar-refractivity contribution >= 4 is 35.0 Å². The van der Waals surface area contributed by atoms with Gasteiger partial charge in [-0.15, -0.1) is 12.4 Å². The van der Waals surface area contributed by atoms with Gasteiger partial charge in [0.15, 0.2) is 0 Å². The van der Waals surface area contributed by atoms with Gasteiger partial charge >= 0.3 is 5.63 Å². The summed E-state index contributed by atoms with van der Waals surface area (Å²) in [5.41, 5.74) is 2.50. The number of hydrogen-bond donors (Lipinski definition) is 0. The van der Waals surface area contributed by atoms with Gasteiger partial charge in [-0.05, 0) is 48.7 Å². The number of carbonyl (C=O) groups excluding carboxylic acids is 1. The number of piperidine rings is 1. The number of likely N-dealkylation sites (tertiary alicyclic amines) is 1. The minimum atomic E-state index is -0.322. The summed E-state index contributed by atoms with van der Waals surface area (Å²) >= 11 is 0. The van der Waals surface area contributed by atoms with Gasteiger partial charge in [-0.3, -0.25) is 9.69 Å². The molecule has 0 bridgehead atoms. The number of fused-ring (bicyclic) bond motifs is 1. The van der Waals surface area contributed by atoms with Crippen LogP contribution in [0.4, 0.5) is 5.69 Å². The Morgan fingerprint density at radius 3 is 2.50 bits per heavy atom. The molecule has 1 fully saturated rings. The Morgan fingerprint density at radius 1 is 1.07 bits per heavy atom. The average molecular weight is 427 g/mol. The molecule has 30 heavy (non-hydrogen) atoms. The molecule has 2 heterocycles. The van der Waals surface area contributed by atoms with Crippen LogP contribution in [0.3, 0.4) is 0 Å². The normalized spacial score (nSPS) is 15.0. The molecule has 1 amide bonds. The second kappa shape index (κ2) is 9.92. The van der Waals surface area contributed by atoms with E-state index in [1.807, 2.05) is 60.4 Å². The summed E-state index contributed by atoms with van der Waals surface area (Å²) in [4.78, 5) is 28.4. The van der Waals surface area contributed by atoms with Crippen LogP contribution in [0.25, 0.3) is 11.0 Å². The van der Waals surface area contributed by atoms with Crippen LogP contribution in [0.1, 0.15) is 31.7 Å². The largest absolute Gasteiger partial charge is 0.423 e. The minimum Gasteiger partial charge on any atom is -0.423 e. The van der Waals surface area contributed by atoms with Crippen molar-refractivity contribution in [3.05, 3.63) is 76.6 Å². The SMILES string of the molecule is CCC(=O)N(c1ccccc1)C1CCN(Cc2ccc3oc(=O)ccc3c2)CC1.Cl. The van der Waals surface area contributed by atoms with E-state index in [1.54, 1.807) is 0 Å². The quantitative estimate of drug-likeness (QED) is 0.558. The predicted molar refractivity (Wildman–Crippen MR) is 122 cm³/mol. The third-order valence-corrected chi connectivity index (χ3v) is 5.62. The van der Waals surface area contributed by atoms with Gasteiger partial charge in [0.2, 0.25) is 5.91 Å². The zero-order chi connectivity index (χ0) is 20.2. The summed E-state index contributed by atoms with van der Waals surface area (Å²) in [5.74, 6) is 0.186. The van der Waals surface area contributed by atoms with Crippen LogP contribution in [-0.4, -0.2) is 29.9 Å². The Labute approximate surface area is 182 Å². The van der Waals surface area contributed by atoms with E-state index < -0.39 is 0 Å². The topological polar surface area (TPSA) is 53.8 Å². The highest BCUT2D eigenvalue weighted by molar-refractivity contribution is 5.93. The molecule has 0 saturated carbocycles. The summed E-state index contributed by atoms with van der Waals surface area (Å²) in [5, 5.41) is 0.945. The lowest BCUT2D eigenvalue weighted by atomic mass is 10.0. The first kappa shape index (κ1) is 22.1. The van der Waals surface area contributed by atoms with E-state index in [0.717, 1.165) is 43.5 Å². The maximum atomic E-state index is 12.6. The van der Waals surface area contributed by atoms with Crippen molar-refractivity contribution in [3.63, 3.8) is 0 Å². The van der Waals surface area contributed by atoms with E-state index in [2.05, 4.69) is 11.0 Å². The molecule has 0 N–H and O–H groups in total. The van der Waals surface area contributed by atoms with Gasteiger partial charge in [-0.25, -0.2) is 4.79 Å². The Balaban J connectivity index is 0.00000256. The number of carbonyl (C=O) groups is 1. The fourth-order valence-electron chi connectivity index (χ4n) is 4.13. The number of benzene rings is 2. The van der Waals surface area contributed by atoms with Crippen molar-refractivity contribution in [2.75, 3.05) is 18.0 Å². The molecule has 0 aliphatic carbocycles. The lowest BCUT2D eigenvalue weighted by molar-refractivity contribution is -0.119. The predicted octanol–water partition coefficient (Wildman–Crippen LogP) is 4.62. The highest BCUT2D eigenvalue weighted by Crippen LogP contribution is 2.25. The van der Waals surface area contributed by atoms with E-state index in [1.165, 1.54) is 11.6 Å². The van der Waals surface area contributed by atoms with Crippen LogP contribution in [0.5, 0.6) is 0 Å². The van der Waals surface area contributed by atoms with Gasteiger partial charge in [0.25, 0.3) is 0 Å². The van der Waals surface area contributed by atoms with E-state index in [0.29, 0.717) is 12.0 Å². The third kappa shape index (κ3) is 4.91. The molecule has 0 atom stereocenters. The van der Waals surface area contributed by atoms with Crippen LogP contribution in [0.2, 0.25) is 0 Å². The van der Waals surface area contributed by atoms with Crippen LogP contribution in [0.15, 0.2) is 69.9 Å². The van der Waals surface area contributed by atoms with Crippen molar-refractivity contribution < 1.29 is 9.21 Å². The highest BCUT2D eigenvalue weighted by atomic mass is 35.5. The molecule has 6 heteroatoms. The third-order valence-electron chi connectivity index (χ3n) is 5.62. The van der Waals surface area contributed by atoms with Crippen molar-refractivity contribution in [1.29, 1.82) is 0 Å². The molecule has 2 aromatic carbocycles. The van der Waals surface area contributed by atoms with Gasteiger partial charge in [0, 0.05) is 49.2 Å². The van der Waals surface area contributed by atoms with Crippen molar-refractivity contribution in [3.8, 4) is 0 Å². The van der Waals surface area contributed by atoms with Crippen molar-refractivity contribution in [2.45, 2.75) is 38.8 Å². The Morgan fingerprint density at radius 2 is 1.80 bits per heavy atom. The fourth-order valence-corrected chi connectivity index (χ4v) is 4.13. The minimum absolute atomic E-state index is 0. The monoisotopic (exact) mass is 426 g/mol. The zero-order valence-corrected chi connectivity index (χ0v) is 17.9. The van der Waals surface area contributed by atoms with E-state index in [-0.39, 0.29) is 30.0 Å². The molecule has 4 rings (SSSR count). The van der Waals surface area contributed by atoms with Crippen LogP contribution in [-0.2, 0) is 11.3 Å². The van der Waals surface area contributed by atoms with Crippen LogP contribution >= 0.6 is 12.4 Å². The molecule has 1 aromatic heterocycles. The zero-order valence-electron chi connectivity index (χ0n) is 17.1. The molecule has 1 aliphatic heterocycles. The average Bonchev–Trinajstić information content (AvgIpc) is 2.76. The van der Waals surface area contributed by atoms with Crippen LogP contribution < -0.4 is 10.5 Å². The van der Waals surface area contributed by atoms with Crippen molar-refractivity contribution in [2.24, 2.45) is 0 Å². The Hall–Kier alpha value is -2.63.